The van der Waals surface area contributed by atoms with Gasteiger partial charge in [0.2, 0.25) is 0 Å². The summed E-state index contributed by atoms with van der Waals surface area (Å²) in [7, 11) is 3.44. The fourth-order valence-corrected chi connectivity index (χ4v) is 1.84. The fraction of sp³-hybridized carbons (Fsp3) is 0.231. The number of benzene rings is 1. The van der Waals surface area contributed by atoms with Crippen molar-refractivity contribution in [2.75, 3.05) is 7.11 Å². The zero-order valence-corrected chi connectivity index (χ0v) is 10.1. The van der Waals surface area contributed by atoms with Crippen LogP contribution in [0.4, 0.5) is 0 Å². The van der Waals surface area contributed by atoms with Crippen molar-refractivity contribution < 1.29 is 9.53 Å². The molecule has 0 aliphatic rings. The number of hydrogen-bond donors (Lipinski definition) is 0. The molecule has 2 rings (SSSR count). The van der Waals surface area contributed by atoms with E-state index in [1.54, 1.807) is 25.0 Å². The third-order valence-corrected chi connectivity index (χ3v) is 2.65. The van der Waals surface area contributed by atoms with Gasteiger partial charge in [-0.1, -0.05) is 0 Å². The lowest BCUT2D eigenvalue weighted by molar-refractivity contribution is 0.112. The molecule has 0 fully saturated rings. The first-order chi connectivity index (χ1) is 8.15. The van der Waals surface area contributed by atoms with Gasteiger partial charge in [-0.15, -0.1) is 0 Å². The lowest BCUT2D eigenvalue weighted by Gasteiger charge is -2.06. The summed E-state index contributed by atoms with van der Waals surface area (Å²) in [5, 5.41) is 4.29. The van der Waals surface area contributed by atoms with E-state index in [0.29, 0.717) is 11.3 Å². The zero-order chi connectivity index (χ0) is 12.4. The van der Waals surface area contributed by atoms with E-state index in [2.05, 4.69) is 5.10 Å². The summed E-state index contributed by atoms with van der Waals surface area (Å²) >= 11 is 0. The molecule has 0 N–H and O–H groups in total. The largest absolute Gasteiger partial charge is 0.496 e. The molecule has 1 aromatic heterocycles. The van der Waals surface area contributed by atoms with Crippen LogP contribution in [0.3, 0.4) is 0 Å². The summed E-state index contributed by atoms with van der Waals surface area (Å²) in [6, 6.07) is 5.75. The van der Waals surface area contributed by atoms with Crippen LogP contribution in [0.1, 0.15) is 15.9 Å². The summed E-state index contributed by atoms with van der Waals surface area (Å²) in [6.45, 7) is 1.96. The van der Waals surface area contributed by atoms with Crippen molar-refractivity contribution in [2.45, 2.75) is 6.92 Å². The number of methoxy groups -OCH3 is 1. The van der Waals surface area contributed by atoms with Crippen molar-refractivity contribution in [3.63, 3.8) is 0 Å². The van der Waals surface area contributed by atoms with Gasteiger partial charge in [0.1, 0.15) is 11.4 Å². The molecule has 1 aromatic carbocycles. The molecular weight excluding hydrogens is 216 g/mol. The van der Waals surface area contributed by atoms with Gasteiger partial charge in [-0.2, -0.15) is 5.10 Å². The maximum Gasteiger partial charge on any atom is 0.153 e. The third kappa shape index (κ3) is 2.06. The van der Waals surface area contributed by atoms with Gasteiger partial charge in [-0.05, 0) is 30.7 Å². The van der Waals surface area contributed by atoms with Crippen molar-refractivity contribution in [2.24, 2.45) is 7.05 Å². The molecule has 0 bridgehead atoms. The molecule has 0 aliphatic heterocycles. The summed E-state index contributed by atoms with van der Waals surface area (Å²) in [6.07, 6.45) is 2.53. The summed E-state index contributed by atoms with van der Waals surface area (Å²) in [4.78, 5) is 10.9. The normalized spacial score (nSPS) is 10.3. The lowest BCUT2D eigenvalue weighted by atomic mass is 10.1. The summed E-state index contributed by atoms with van der Waals surface area (Å²) in [5.74, 6) is 0.831. The number of carbonyl (C=O) groups excluding carboxylic acids is 1. The quantitative estimate of drug-likeness (QED) is 0.759. The van der Waals surface area contributed by atoms with Crippen LogP contribution in [0.25, 0.3) is 11.3 Å². The number of nitrogens with zero attached hydrogens (tertiary/aromatic N) is 2. The molecule has 0 saturated carbocycles. The molecular formula is C13H14N2O2. The lowest BCUT2D eigenvalue weighted by Crippen LogP contribution is -1.91. The van der Waals surface area contributed by atoms with Gasteiger partial charge < -0.3 is 4.74 Å². The molecule has 0 amide bonds. The van der Waals surface area contributed by atoms with E-state index in [1.807, 2.05) is 25.1 Å². The minimum atomic E-state index is 0.595. The van der Waals surface area contributed by atoms with Crippen LogP contribution in [0, 0.1) is 6.92 Å². The van der Waals surface area contributed by atoms with Crippen LogP contribution in [0.5, 0.6) is 5.75 Å². The molecule has 0 atom stereocenters. The van der Waals surface area contributed by atoms with Gasteiger partial charge in [-0.25, -0.2) is 0 Å². The molecule has 88 valence electrons. The van der Waals surface area contributed by atoms with E-state index < -0.39 is 0 Å². The number of rotatable bonds is 3. The predicted molar refractivity (Wildman–Crippen MR) is 65.3 cm³/mol. The number of carbonyl (C=O) groups is 1. The Morgan fingerprint density at radius 1 is 1.41 bits per heavy atom. The Morgan fingerprint density at radius 3 is 2.76 bits per heavy atom. The zero-order valence-electron chi connectivity index (χ0n) is 10.1. The van der Waals surface area contributed by atoms with Crippen LogP contribution < -0.4 is 4.74 Å². The maximum atomic E-state index is 10.9. The average Bonchev–Trinajstić information content (AvgIpc) is 2.70. The predicted octanol–water partition coefficient (Wildman–Crippen LogP) is 2.22. The molecule has 0 aliphatic carbocycles. The Labute approximate surface area is 99.8 Å². The standard InChI is InChI=1S/C13H14N2O2/c1-9-6-10(4-5-12(9)17-3)13-11(8-16)7-15(2)14-13/h4-8H,1-3H3. The van der Waals surface area contributed by atoms with Crippen molar-refractivity contribution in [3.05, 3.63) is 35.5 Å². The highest BCUT2D eigenvalue weighted by molar-refractivity contribution is 5.85. The van der Waals surface area contributed by atoms with Crippen molar-refractivity contribution in [1.82, 2.24) is 9.78 Å². The molecule has 4 nitrogen and oxygen atoms in total. The minimum Gasteiger partial charge on any atom is -0.496 e. The van der Waals surface area contributed by atoms with E-state index in [-0.39, 0.29) is 0 Å². The number of ether oxygens (including phenoxy) is 1. The Balaban J connectivity index is 2.52. The Hall–Kier alpha value is -2.10. The minimum absolute atomic E-state index is 0.595. The van der Waals surface area contributed by atoms with Gasteiger partial charge >= 0.3 is 0 Å². The highest BCUT2D eigenvalue weighted by Crippen LogP contribution is 2.26. The van der Waals surface area contributed by atoms with Crippen LogP contribution in [-0.2, 0) is 7.05 Å². The Morgan fingerprint density at radius 2 is 2.18 bits per heavy atom. The Kier molecular flexibility index (Phi) is 2.95. The van der Waals surface area contributed by atoms with Crippen LogP contribution in [0.2, 0.25) is 0 Å². The van der Waals surface area contributed by atoms with Gasteiger partial charge in [0.15, 0.2) is 6.29 Å². The number of aryl methyl sites for hydroxylation is 2. The van der Waals surface area contributed by atoms with Gasteiger partial charge in [0, 0.05) is 18.8 Å². The smallest absolute Gasteiger partial charge is 0.153 e. The summed E-state index contributed by atoms with van der Waals surface area (Å²) < 4.78 is 6.84. The van der Waals surface area contributed by atoms with Gasteiger partial charge in [0.05, 0.1) is 12.7 Å². The number of aldehydes is 1. The second kappa shape index (κ2) is 4.41. The first kappa shape index (κ1) is 11.4. The van der Waals surface area contributed by atoms with Gasteiger partial charge in [0.25, 0.3) is 0 Å². The summed E-state index contributed by atoms with van der Waals surface area (Å²) in [5.41, 5.74) is 3.24. The van der Waals surface area contributed by atoms with Gasteiger partial charge in [-0.3, -0.25) is 9.48 Å². The molecule has 0 spiro atoms. The van der Waals surface area contributed by atoms with E-state index >= 15 is 0 Å². The molecule has 1 heterocycles. The highest BCUT2D eigenvalue weighted by Gasteiger charge is 2.10. The average molecular weight is 230 g/mol. The number of aromatic nitrogens is 2. The van der Waals surface area contributed by atoms with Crippen molar-refractivity contribution in [3.8, 4) is 17.0 Å². The third-order valence-electron chi connectivity index (χ3n) is 2.65. The topological polar surface area (TPSA) is 44.1 Å². The number of hydrogen-bond acceptors (Lipinski definition) is 3. The molecule has 0 saturated heterocycles. The first-order valence-electron chi connectivity index (χ1n) is 5.29. The van der Waals surface area contributed by atoms with E-state index in [9.17, 15) is 4.79 Å². The highest BCUT2D eigenvalue weighted by atomic mass is 16.5. The Bertz CT molecular complexity index is 559. The molecule has 0 radical (unpaired) electrons. The van der Waals surface area contributed by atoms with Crippen molar-refractivity contribution in [1.29, 1.82) is 0 Å². The van der Waals surface area contributed by atoms with E-state index in [1.165, 1.54) is 0 Å². The SMILES string of the molecule is COc1ccc(-c2nn(C)cc2C=O)cc1C. The van der Waals surface area contributed by atoms with E-state index in [0.717, 1.165) is 23.2 Å². The van der Waals surface area contributed by atoms with Crippen LogP contribution >= 0.6 is 0 Å². The molecule has 4 heteroatoms. The fourth-order valence-electron chi connectivity index (χ4n) is 1.84. The second-order valence-electron chi connectivity index (χ2n) is 3.91. The first-order valence-corrected chi connectivity index (χ1v) is 5.29. The molecule has 2 aromatic rings. The molecule has 0 unspecified atom stereocenters. The van der Waals surface area contributed by atoms with E-state index in [4.69, 9.17) is 4.74 Å². The monoisotopic (exact) mass is 230 g/mol. The second-order valence-corrected chi connectivity index (χ2v) is 3.91. The molecule has 17 heavy (non-hydrogen) atoms. The van der Waals surface area contributed by atoms with Crippen LogP contribution in [-0.4, -0.2) is 23.2 Å². The van der Waals surface area contributed by atoms with Crippen molar-refractivity contribution >= 4 is 6.29 Å². The van der Waals surface area contributed by atoms with Crippen LogP contribution in [0.15, 0.2) is 24.4 Å². The maximum absolute atomic E-state index is 10.9.